The molecular weight excluding hydrogens is 260 g/mol. The second kappa shape index (κ2) is 5.04. The number of thioether (sulfide) groups is 1. The van der Waals surface area contributed by atoms with Gasteiger partial charge in [-0.2, -0.15) is 0 Å². The first-order valence-corrected chi connectivity index (χ1v) is 5.63. The molecule has 0 bridgehead atoms. The van der Waals surface area contributed by atoms with Crippen molar-refractivity contribution in [2.24, 2.45) is 0 Å². The summed E-state index contributed by atoms with van der Waals surface area (Å²) < 4.78 is 0.923. The van der Waals surface area contributed by atoms with E-state index in [1.807, 2.05) is 0 Å². The van der Waals surface area contributed by atoms with Crippen LogP contribution in [0.25, 0.3) is 0 Å². The zero-order valence-corrected chi connectivity index (χ0v) is 9.66. The molecular formula is C7H8BrClN2S. The summed E-state index contributed by atoms with van der Waals surface area (Å²) in [6.45, 7) is 2.06. The molecule has 0 aliphatic carbocycles. The van der Waals surface area contributed by atoms with Gasteiger partial charge in [-0.25, -0.2) is 9.97 Å². The van der Waals surface area contributed by atoms with Crippen LogP contribution in [0.4, 0.5) is 0 Å². The van der Waals surface area contributed by atoms with Crippen LogP contribution in [0.5, 0.6) is 0 Å². The second-order valence-corrected chi connectivity index (χ2v) is 4.85. The van der Waals surface area contributed by atoms with Gasteiger partial charge in [0.1, 0.15) is 11.4 Å². The standard InChI is InChI=1S/C7H8BrClN2S/c1-5(2-9)12-7-6(8)3-10-4-11-7/h3-5H,2H2,1H3. The van der Waals surface area contributed by atoms with Crippen molar-refractivity contribution in [3.63, 3.8) is 0 Å². The molecule has 0 aliphatic rings. The molecule has 66 valence electrons. The van der Waals surface area contributed by atoms with Gasteiger partial charge in [-0.15, -0.1) is 23.4 Å². The Balaban J connectivity index is 2.69. The maximum absolute atomic E-state index is 5.67. The molecule has 0 spiro atoms. The van der Waals surface area contributed by atoms with Crippen LogP contribution < -0.4 is 0 Å². The zero-order chi connectivity index (χ0) is 8.97. The van der Waals surface area contributed by atoms with Crippen LogP contribution in [0.2, 0.25) is 0 Å². The summed E-state index contributed by atoms with van der Waals surface area (Å²) in [6, 6.07) is 0. The second-order valence-electron chi connectivity index (χ2n) is 2.26. The van der Waals surface area contributed by atoms with Crippen LogP contribution in [0.1, 0.15) is 6.92 Å². The minimum atomic E-state index is 0.373. The summed E-state index contributed by atoms with van der Waals surface area (Å²) in [7, 11) is 0. The Morgan fingerprint density at radius 1 is 1.75 bits per heavy atom. The highest BCUT2D eigenvalue weighted by Gasteiger charge is 2.06. The van der Waals surface area contributed by atoms with Gasteiger partial charge in [0.25, 0.3) is 0 Å². The molecule has 2 nitrogen and oxygen atoms in total. The molecule has 0 saturated heterocycles. The normalized spacial score (nSPS) is 12.9. The largest absolute Gasteiger partial charge is 0.244 e. The molecule has 1 unspecified atom stereocenters. The first-order chi connectivity index (χ1) is 5.74. The van der Waals surface area contributed by atoms with Gasteiger partial charge in [0.15, 0.2) is 0 Å². The highest BCUT2D eigenvalue weighted by molar-refractivity contribution is 9.10. The summed E-state index contributed by atoms with van der Waals surface area (Å²) in [6.07, 6.45) is 3.27. The molecule has 0 amide bonds. The van der Waals surface area contributed by atoms with Crippen molar-refractivity contribution in [2.75, 3.05) is 5.88 Å². The molecule has 5 heteroatoms. The molecule has 1 aromatic heterocycles. The van der Waals surface area contributed by atoms with Crippen molar-refractivity contribution in [1.29, 1.82) is 0 Å². The van der Waals surface area contributed by atoms with Gasteiger partial charge < -0.3 is 0 Å². The fraction of sp³-hybridized carbons (Fsp3) is 0.429. The van der Waals surface area contributed by atoms with E-state index in [-0.39, 0.29) is 0 Å². The predicted molar refractivity (Wildman–Crippen MR) is 55.8 cm³/mol. The lowest BCUT2D eigenvalue weighted by molar-refractivity contribution is 1.01. The van der Waals surface area contributed by atoms with Crippen molar-refractivity contribution in [2.45, 2.75) is 17.2 Å². The van der Waals surface area contributed by atoms with Gasteiger partial charge in [0.05, 0.1) is 4.47 Å². The molecule has 0 saturated carbocycles. The van der Waals surface area contributed by atoms with E-state index >= 15 is 0 Å². The van der Waals surface area contributed by atoms with E-state index in [0.717, 1.165) is 9.50 Å². The summed E-state index contributed by atoms with van der Waals surface area (Å²) in [5.74, 6) is 0.626. The third kappa shape index (κ3) is 2.92. The molecule has 1 atom stereocenters. The van der Waals surface area contributed by atoms with E-state index in [1.165, 1.54) is 6.33 Å². The highest BCUT2D eigenvalue weighted by atomic mass is 79.9. The Bertz CT molecular complexity index is 259. The summed E-state index contributed by atoms with van der Waals surface area (Å²) >= 11 is 10.7. The molecule has 1 rings (SSSR count). The summed E-state index contributed by atoms with van der Waals surface area (Å²) in [5.41, 5.74) is 0. The van der Waals surface area contributed by atoms with E-state index in [1.54, 1.807) is 18.0 Å². The minimum Gasteiger partial charge on any atom is -0.244 e. The van der Waals surface area contributed by atoms with Gasteiger partial charge in [-0.1, -0.05) is 6.92 Å². The van der Waals surface area contributed by atoms with Gasteiger partial charge in [0, 0.05) is 17.3 Å². The van der Waals surface area contributed by atoms with Crippen LogP contribution in [-0.4, -0.2) is 21.1 Å². The number of nitrogens with zero attached hydrogens (tertiary/aromatic N) is 2. The van der Waals surface area contributed by atoms with Crippen molar-refractivity contribution in [1.82, 2.24) is 9.97 Å². The first-order valence-electron chi connectivity index (χ1n) is 3.42. The maximum Gasteiger partial charge on any atom is 0.116 e. The topological polar surface area (TPSA) is 25.8 Å². The number of rotatable bonds is 3. The Hall–Kier alpha value is 0.200. The van der Waals surface area contributed by atoms with Crippen LogP contribution in [0.15, 0.2) is 22.0 Å². The van der Waals surface area contributed by atoms with Gasteiger partial charge >= 0.3 is 0 Å². The smallest absolute Gasteiger partial charge is 0.116 e. The van der Waals surface area contributed by atoms with E-state index in [9.17, 15) is 0 Å². The van der Waals surface area contributed by atoms with E-state index < -0.39 is 0 Å². The molecule has 0 aromatic carbocycles. The van der Waals surface area contributed by atoms with Crippen LogP contribution in [0.3, 0.4) is 0 Å². The molecule has 12 heavy (non-hydrogen) atoms. The first kappa shape index (κ1) is 10.3. The lowest BCUT2D eigenvalue weighted by atomic mass is 10.6. The van der Waals surface area contributed by atoms with Crippen molar-refractivity contribution < 1.29 is 0 Å². The van der Waals surface area contributed by atoms with E-state index in [0.29, 0.717) is 11.1 Å². The number of aromatic nitrogens is 2. The number of hydrogen-bond donors (Lipinski definition) is 0. The average Bonchev–Trinajstić information content (AvgIpc) is 2.09. The number of halogens is 2. The Morgan fingerprint density at radius 2 is 2.50 bits per heavy atom. The molecule has 0 N–H and O–H groups in total. The van der Waals surface area contributed by atoms with Crippen LogP contribution >= 0.6 is 39.3 Å². The maximum atomic E-state index is 5.67. The van der Waals surface area contributed by atoms with Gasteiger partial charge in [-0.3, -0.25) is 0 Å². The molecule has 0 aliphatic heterocycles. The Labute approximate surface area is 89.3 Å². The predicted octanol–water partition coefficient (Wildman–Crippen LogP) is 2.96. The SMILES string of the molecule is CC(CCl)Sc1ncncc1Br. The van der Waals surface area contributed by atoms with Crippen molar-refractivity contribution in [3.8, 4) is 0 Å². The van der Waals surface area contributed by atoms with Crippen molar-refractivity contribution in [3.05, 3.63) is 17.0 Å². The Kier molecular flexibility index (Phi) is 4.32. The van der Waals surface area contributed by atoms with E-state index in [2.05, 4.69) is 32.8 Å². The monoisotopic (exact) mass is 266 g/mol. The average molecular weight is 268 g/mol. The summed E-state index contributed by atoms with van der Waals surface area (Å²) in [4.78, 5) is 7.99. The molecule has 1 heterocycles. The third-order valence-electron chi connectivity index (χ3n) is 1.16. The molecule has 0 fully saturated rings. The van der Waals surface area contributed by atoms with Crippen LogP contribution in [-0.2, 0) is 0 Å². The Morgan fingerprint density at radius 3 is 3.08 bits per heavy atom. The minimum absolute atomic E-state index is 0.373. The highest BCUT2D eigenvalue weighted by Crippen LogP contribution is 2.27. The third-order valence-corrected chi connectivity index (χ3v) is 3.77. The number of alkyl halides is 1. The quantitative estimate of drug-likeness (QED) is 0.478. The lowest BCUT2D eigenvalue weighted by Gasteiger charge is -2.06. The van der Waals surface area contributed by atoms with Crippen LogP contribution in [0, 0.1) is 0 Å². The van der Waals surface area contributed by atoms with Gasteiger partial charge in [-0.05, 0) is 15.9 Å². The summed E-state index contributed by atoms with van der Waals surface area (Å²) in [5, 5.41) is 1.32. The van der Waals surface area contributed by atoms with Crippen molar-refractivity contribution >= 4 is 39.3 Å². The lowest BCUT2D eigenvalue weighted by Crippen LogP contribution is -1.98. The zero-order valence-electron chi connectivity index (χ0n) is 6.50. The number of hydrogen-bond acceptors (Lipinski definition) is 3. The fourth-order valence-corrected chi connectivity index (χ4v) is 2.02. The fourth-order valence-electron chi connectivity index (χ4n) is 0.610. The molecule has 1 aromatic rings. The molecule has 0 radical (unpaired) electrons. The van der Waals surface area contributed by atoms with E-state index in [4.69, 9.17) is 11.6 Å². The van der Waals surface area contributed by atoms with Gasteiger partial charge in [0.2, 0.25) is 0 Å².